The van der Waals surface area contributed by atoms with Crippen LogP contribution in [0.15, 0.2) is 49.1 Å². The van der Waals surface area contributed by atoms with E-state index in [0.29, 0.717) is 0 Å². The molecule has 0 aliphatic heterocycles. The highest BCUT2D eigenvalue weighted by Crippen LogP contribution is 2.11. The summed E-state index contributed by atoms with van der Waals surface area (Å²) in [7, 11) is 0. The van der Waals surface area contributed by atoms with E-state index in [1.807, 2.05) is 6.08 Å². The van der Waals surface area contributed by atoms with Crippen LogP contribution in [0.4, 0.5) is 0 Å². The molecule has 0 heteroatoms. The third-order valence-corrected chi connectivity index (χ3v) is 1.35. The van der Waals surface area contributed by atoms with Gasteiger partial charge in [0.25, 0.3) is 0 Å². The average Bonchev–Trinajstić information content (AvgIpc) is 1.99. The van der Waals surface area contributed by atoms with E-state index < -0.39 is 0 Å². The molecule has 0 aromatic heterocycles. The number of hydrogen-bond acceptors (Lipinski definition) is 0. The molecule has 0 aliphatic rings. The Labute approximate surface area is 63.3 Å². The van der Waals surface area contributed by atoms with Crippen molar-refractivity contribution in [1.29, 1.82) is 0 Å². The molecule has 0 amide bonds. The Morgan fingerprint density at radius 1 is 1.40 bits per heavy atom. The van der Waals surface area contributed by atoms with E-state index in [-0.39, 0.29) is 0 Å². The summed E-state index contributed by atoms with van der Waals surface area (Å²) in [5, 5.41) is 0. The Bertz CT molecular complexity index is 170. The molecular weight excluding hydrogens is 120 g/mol. The molecule has 0 N–H and O–H groups in total. The minimum absolute atomic E-state index is 0.964. The van der Waals surface area contributed by atoms with Gasteiger partial charge in [0.1, 0.15) is 0 Å². The predicted molar refractivity (Wildman–Crippen MR) is 47.9 cm³/mol. The van der Waals surface area contributed by atoms with Crippen LogP contribution in [-0.4, -0.2) is 0 Å². The molecule has 0 spiro atoms. The van der Waals surface area contributed by atoms with Crippen molar-refractivity contribution in [3.63, 3.8) is 0 Å². The molecule has 0 unspecified atom stereocenters. The zero-order chi connectivity index (χ0) is 7.98. The second-order valence-electron chi connectivity index (χ2n) is 2.02. The van der Waals surface area contributed by atoms with Gasteiger partial charge in [-0.25, -0.2) is 0 Å². The molecule has 0 atom stereocenters. The van der Waals surface area contributed by atoms with E-state index in [0.717, 1.165) is 17.6 Å². The minimum Gasteiger partial charge on any atom is -0.0990 e. The van der Waals surface area contributed by atoms with Gasteiger partial charge in [0.15, 0.2) is 0 Å². The lowest BCUT2D eigenvalue weighted by atomic mass is 10.1. The lowest BCUT2D eigenvalue weighted by Gasteiger charge is -2.00. The Morgan fingerprint density at radius 2 is 2.00 bits per heavy atom. The van der Waals surface area contributed by atoms with Gasteiger partial charge in [-0.1, -0.05) is 44.9 Å². The van der Waals surface area contributed by atoms with E-state index in [2.05, 4.69) is 26.7 Å². The summed E-state index contributed by atoms with van der Waals surface area (Å²) in [6.07, 6.45) is 6.43. The molecule has 10 heavy (non-hydrogen) atoms. The first-order valence-corrected chi connectivity index (χ1v) is 3.39. The standard InChI is InChI=1S/C10H14/c1-5-8-10(7-3)9(4)6-2/h5,7-8H,1,3-4,6H2,2H3/b10-8+. The maximum absolute atomic E-state index is 3.88. The lowest BCUT2D eigenvalue weighted by molar-refractivity contribution is 1.13. The Hall–Kier alpha value is -1.04. The van der Waals surface area contributed by atoms with Gasteiger partial charge in [-0.15, -0.1) is 0 Å². The summed E-state index contributed by atoms with van der Waals surface area (Å²) in [5.74, 6) is 0. The molecule has 0 aliphatic carbocycles. The van der Waals surface area contributed by atoms with Gasteiger partial charge in [0.2, 0.25) is 0 Å². The van der Waals surface area contributed by atoms with E-state index in [4.69, 9.17) is 0 Å². The van der Waals surface area contributed by atoms with E-state index >= 15 is 0 Å². The fourth-order valence-electron chi connectivity index (χ4n) is 0.661. The number of rotatable bonds is 4. The molecule has 0 aromatic rings. The van der Waals surface area contributed by atoms with Crippen LogP contribution in [0.2, 0.25) is 0 Å². The summed E-state index contributed by atoms with van der Waals surface area (Å²) in [6.45, 7) is 13.2. The summed E-state index contributed by atoms with van der Waals surface area (Å²) < 4.78 is 0. The molecule has 0 saturated heterocycles. The third-order valence-electron chi connectivity index (χ3n) is 1.35. The topological polar surface area (TPSA) is 0 Å². The van der Waals surface area contributed by atoms with Crippen LogP contribution in [0.3, 0.4) is 0 Å². The molecule has 0 aromatic carbocycles. The van der Waals surface area contributed by atoms with Crippen molar-refractivity contribution in [2.45, 2.75) is 13.3 Å². The maximum atomic E-state index is 3.88. The zero-order valence-corrected chi connectivity index (χ0v) is 6.56. The van der Waals surface area contributed by atoms with Crippen molar-refractivity contribution in [2.24, 2.45) is 0 Å². The van der Waals surface area contributed by atoms with Crippen LogP contribution in [-0.2, 0) is 0 Å². The zero-order valence-electron chi connectivity index (χ0n) is 6.56. The second-order valence-corrected chi connectivity index (χ2v) is 2.02. The van der Waals surface area contributed by atoms with Gasteiger partial charge in [0, 0.05) is 0 Å². The van der Waals surface area contributed by atoms with Crippen molar-refractivity contribution in [3.05, 3.63) is 49.1 Å². The normalized spacial score (nSPS) is 10.7. The monoisotopic (exact) mass is 134 g/mol. The Balaban J connectivity index is 4.34. The first kappa shape index (κ1) is 8.96. The molecule has 0 nitrogen and oxygen atoms in total. The lowest BCUT2D eigenvalue weighted by Crippen LogP contribution is -1.80. The van der Waals surface area contributed by atoms with Crippen molar-refractivity contribution >= 4 is 0 Å². The number of hydrogen-bond donors (Lipinski definition) is 0. The minimum atomic E-state index is 0.964. The quantitative estimate of drug-likeness (QED) is 0.518. The first-order chi connectivity index (χ1) is 4.76. The molecule has 0 fully saturated rings. The van der Waals surface area contributed by atoms with E-state index in [1.165, 1.54) is 0 Å². The van der Waals surface area contributed by atoms with Gasteiger partial charge in [-0.2, -0.15) is 0 Å². The summed E-state index contributed by atoms with van der Waals surface area (Å²) in [5.41, 5.74) is 2.19. The highest BCUT2D eigenvalue weighted by atomic mass is 14.0. The maximum Gasteiger partial charge on any atom is -0.0237 e. The number of allylic oxidation sites excluding steroid dienone is 5. The molecule has 54 valence electrons. The summed E-state index contributed by atoms with van der Waals surface area (Å²) in [4.78, 5) is 0. The highest BCUT2D eigenvalue weighted by Gasteiger charge is 1.91. The molecule has 0 bridgehead atoms. The molecule has 0 radical (unpaired) electrons. The van der Waals surface area contributed by atoms with E-state index in [1.54, 1.807) is 12.2 Å². The fourth-order valence-corrected chi connectivity index (χ4v) is 0.661. The highest BCUT2D eigenvalue weighted by molar-refractivity contribution is 5.38. The summed E-state index contributed by atoms with van der Waals surface area (Å²) >= 11 is 0. The largest absolute Gasteiger partial charge is 0.0990 e. The van der Waals surface area contributed by atoms with Gasteiger partial charge in [0.05, 0.1) is 0 Å². The average molecular weight is 134 g/mol. The molecule has 0 saturated carbocycles. The SMILES string of the molecule is C=C/C=C(\C=C)C(=C)CC. The molecule has 0 heterocycles. The van der Waals surface area contributed by atoms with E-state index in [9.17, 15) is 0 Å². The van der Waals surface area contributed by atoms with Crippen LogP contribution in [0, 0.1) is 0 Å². The van der Waals surface area contributed by atoms with Crippen LogP contribution in [0.5, 0.6) is 0 Å². The van der Waals surface area contributed by atoms with Gasteiger partial charge in [-0.3, -0.25) is 0 Å². The van der Waals surface area contributed by atoms with Gasteiger partial charge < -0.3 is 0 Å². The smallest absolute Gasteiger partial charge is 0.0237 e. The van der Waals surface area contributed by atoms with Crippen molar-refractivity contribution in [1.82, 2.24) is 0 Å². The van der Waals surface area contributed by atoms with Crippen molar-refractivity contribution < 1.29 is 0 Å². The summed E-state index contributed by atoms with van der Waals surface area (Å²) in [6, 6.07) is 0. The van der Waals surface area contributed by atoms with Crippen molar-refractivity contribution in [3.8, 4) is 0 Å². The predicted octanol–water partition coefficient (Wildman–Crippen LogP) is 3.25. The Kier molecular flexibility index (Phi) is 4.30. The van der Waals surface area contributed by atoms with Crippen LogP contribution >= 0.6 is 0 Å². The van der Waals surface area contributed by atoms with Gasteiger partial charge >= 0.3 is 0 Å². The molecular formula is C10H14. The van der Waals surface area contributed by atoms with Crippen molar-refractivity contribution in [2.75, 3.05) is 0 Å². The third kappa shape index (κ3) is 2.49. The van der Waals surface area contributed by atoms with Crippen LogP contribution < -0.4 is 0 Å². The van der Waals surface area contributed by atoms with Gasteiger partial charge in [-0.05, 0) is 17.6 Å². The van der Waals surface area contributed by atoms with Crippen LogP contribution in [0.1, 0.15) is 13.3 Å². The first-order valence-electron chi connectivity index (χ1n) is 3.39. The Morgan fingerprint density at radius 3 is 2.30 bits per heavy atom. The molecule has 0 rings (SSSR count). The van der Waals surface area contributed by atoms with Crippen LogP contribution in [0.25, 0.3) is 0 Å². The second kappa shape index (κ2) is 4.80. The fraction of sp³-hybridized carbons (Fsp3) is 0.200.